The molecule has 5 heteroatoms. The molecule has 0 radical (unpaired) electrons. The molecule has 2 nitrogen and oxygen atoms in total. The van der Waals surface area contributed by atoms with Gasteiger partial charge in [-0.1, -0.05) is 23.2 Å². The fraction of sp³-hybridized carbons (Fsp3) is 0.0588. The summed E-state index contributed by atoms with van der Waals surface area (Å²) in [7, 11) is 0. The zero-order valence-electron chi connectivity index (χ0n) is 11.6. The smallest absolute Gasteiger partial charge is 0.195 e. The van der Waals surface area contributed by atoms with Crippen molar-refractivity contribution < 1.29 is 4.79 Å². The van der Waals surface area contributed by atoms with Crippen LogP contribution in [0.15, 0.2) is 42.5 Å². The number of pyridine rings is 1. The number of nitrogens with zero attached hydrogens (tertiary/aromatic N) is 1. The largest absolute Gasteiger partial charge is 0.288 e. The van der Waals surface area contributed by atoms with E-state index in [0.29, 0.717) is 5.15 Å². The van der Waals surface area contributed by atoms with Gasteiger partial charge in [0.2, 0.25) is 0 Å². The summed E-state index contributed by atoms with van der Waals surface area (Å²) in [5.41, 5.74) is 2.77. The fourth-order valence-corrected chi connectivity index (χ4v) is 3.85. The highest BCUT2D eigenvalue weighted by Gasteiger charge is 2.07. The molecular weight excluding hydrogens is 429 g/mol. The van der Waals surface area contributed by atoms with Crippen LogP contribution in [-0.4, -0.2) is 10.8 Å². The minimum Gasteiger partial charge on any atom is -0.288 e. The Morgan fingerprint density at radius 1 is 1.27 bits per heavy atom. The van der Waals surface area contributed by atoms with Crippen molar-refractivity contribution >= 4 is 68.3 Å². The number of carbonyl (C=O) groups is 1. The number of halogens is 2. The number of benzene rings is 1. The maximum absolute atomic E-state index is 12.1. The maximum Gasteiger partial charge on any atom is 0.195 e. The monoisotopic (exact) mass is 439 g/mol. The number of hydrogen-bond donors (Lipinski definition) is 0. The van der Waals surface area contributed by atoms with Gasteiger partial charge < -0.3 is 0 Å². The molecule has 0 aliphatic carbocycles. The summed E-state index contributed by atoms with van der Waals surface area (Å²) in [5, 5.41) is 1.42. The van der Waals surface area contributed by atoms with Crippen LogP contribution in [0.1, 0.15) is 20.8 Å². The molecule has 110 valence electrons. The standard InChI is InChI=1S/C17H11ClINOS/c1-10-2-4-13-12(8-10)9-11(17(18)20-13)3-5-14(21)15-6-7-16(19)22-15/h2-9H,1H3/b5-3+. The van der Waals surface area contributed by atoms with Crippen molar-refractivity contribution in [3.63, 3.8) is 0 Å². The van der Waals surface area contributed by atoms with Crippen LogP contribution in [0.2, 0.25) is 5.15 Å². The Hall–Kier alpha value is -1.24. The van der Waals surface area contributed by atoms with E-state index < -0.39 is 0 Å². The lowest BCUT2D eigenvalue weighted by Gasteiger charge is -2.03. The highest BCUT2D eigenvalue weighted by atomic mass is 127. The summed E-state index contributed by atoms with van der Waals surface area (Å²) in [4.78, 5) is 17.2. The van der Waals surface area contributed by atoms with E-state index in [1.807, 2.05) is 37.3 Å². The van der Waals surface area contributed by atoms with Gasteiger partial charge in [-0.2, -0.15) is 0 Å². The number of allylic oxidation sites excluding steroid dienone is 1. The number of thiophene rings is 1. The van der Waals surface area contributed by atoms with Crippen molar-refractivity contribution in [3.05, 3.63) is 66.5 Å². The van der Waals surface area contributed by atoms with Crippen LogP contribution < -0.4 is 0 Å². The molecule has 0 spiro atoms. The molecule has 2 heterocycles. The molecule has 0 aliphatic rings. The first-order valence-electron chi connectivity index (χ1n) is 6.57. The summed E-state index contributed by atoms with van der Waals surface area (Å²) in [6.45, 7) is 2.03. The summed E-state index contributed by atoms with van der Waals surface area (Å²) < 4.78 is 1.09. The zero-order chi connectivity index (χ0) is 15.7. The van der Waals surface area contributed by atoms with Crippen LogP contribution in [0, 0.1) is 9.81 Å². The van der Waals surface area contributed by atoms with Gasteiger partial charge in [0, 0.05) is 10.9 Å². The second-order valence-electron chi connectivity index (χ2n) is 4.87. The Morgan fingerprint density at radius 3 is 2.82 bits per heavy atom. The second kappa shape index (κ2) is 6.48. The van der Waals surface area contributed by atoms with Gasteiger partial charge in [0.15, 0.2) is 5.78 Å². The Morgan fingerprint density at radius 2 is 2.09 bits per heavy atom. The second-order valence-corrected chi connectivity index (χ2v) is 8.20. The molecule has 0 amide bonds. The van der Waals surface area contributed by atoms with Crippen molar-refractivity contribution in [2.75, 3.05) is 0 Å². The molecule has 0 aliphatic heterocycles. The average Bonchev–Trinajstić information content (AvgIpc) is 2.92. The van der Waals surface area contributed by atoms with Gasteiger partial charge in [0.05, 0.1) is 13.3 Å². The van der Waals surface area contributed by atoms with E-state index in [9.17, 15) is 4.79 Å². The van der Waals surface area contributed by atoms with Crippen molar-refractivity contribution in [3.8, 4) is 0 Å². The molecule has 0 unspecified atom stereocenters. The van der Waals surface area contributed by atoms with E-state index in [0.717, 1.165) is 29.8 Å². The number of ketones is 1. The van der Waals surface area contributed by atoms with Crippen molar-refractivity contribution in [1.82, 2.24) is 4.98 Å². The van der Waals surface area contributed by atoms with E-state index in [1.54, 1.807) is 12.2 Å². The Labute approximate surface area is 151 Å². The summed E-state index contributed by atoms with van der Waals surface area (Å²) in [5.74, 6) is -0.0201. The maximum atomic E-state index is 12.1. The molecule has 0 bridgehead atoms. The van der Waals surface area contributed by atoms with E-state index in [4.69, 9.17) is 11.6 Å². The van der Waals surface area contributed by atoms with Crippen LogP contribution in [0.5, 0.6) is 0 Å². The lowest BCUT2D eigenvalue weighted by Crippen LogP contribution is -1.90. The minimum absolute atomic E-state index is 0.0201. The molecule has 3 aromatic rings. The number of hydrogen-bond acceptors (Lipinski definition) is 3. The topological polar surface area (TPSA) is 30.0 Å². The van der Waals surface area contributed by atoms with Gasteiger partial charge in [0.1, 0.15) is 5.15 Å². The third-order valence-corrected chi connectivity index (χ3v) is 5.39. The van der Waals surface area contributed by atoms with Gasteiger partial charge in [-0.05, 0) is 72.0 Å². The van der Waals surface area contributed by atoms with E-state index in [-0.39, 0.29) is 5.78 Å². The predicted molar refractivity (Wildman–Crippen MR) is 102 cm³/mol. The van der Waals surface area contributed by atoms with Crippen LogP contribution >= 0.6 is 45.5 Å². The van der Waals surface area contributed by atoms with E-state index in [2.05, 4.69) is 33.6 Å². The number of aryl methyl sites for hydroxylation is 1. The SMILES string of the molecule is Cc1ccc2nc(Cl)c(/C=C/C(=O)c3ccc(I)s3)cc2c1. The van der Waals surface area contributed by atoms with Gasteiger partial charge in [0.25, 0.3) is 0 Å². The lowest BCUT2D eigenvalue weighted by atomic mass is 10.1. The van der Waals surface area contributed by atoms with Crippen LogP contribution in [0.4, 0.5) is 0 Å². The highest BCUT2D eigenvalue weighted by Crippen LogP contribution is 2.24. The van der Waals surface area contributed by atoms with Gasteiger partial charge in [-0.15, -0.1) is 11.3 Å². The number of rotatable bonds is 3. The number of carbonyl (C=O) groups excluding carboxylic acids is 1. The first-order chi connectivity index (χ1) is 10.5. The fourth-order valence-electron chi connectivity index (χ4n) is 2.10. The molecule has 0 saturated carbocycles. The number of fused-ring (bicyclic) bond motifs is 1. The molecule has 1 aromatic carbocycles. The van der Waals surface area contributed by atoms with Crippen molar-refractivity contribution in [1.29, 1.82) is 0 Å². The number of aromatic nitrogens is 1. The summed E-state index contributed by atoms with van der Waals surface area (Å²) >= 11 is 9.88. The third-order valence-electron chi connectivity index (χ3n) is 3.18. The average molecular weight is 440 g/mol. The lowest BCUT2D eigenvalue weighted by molar-refractivity contribution is 0.105. The van der Waals surface area contributed by atoms with Gasteiger partial charge in [-0.3, -0.25) is 4.79 Å². The highest BCUT2D eigenvalue weighted by molar-refractivity contribution is 14.1. The van der Waals surface area contributed by atoms with Crippen LogP contribution in [-0.2, 0) is 0 Å². The van der Waals surface area contributed by atoms with Crippen molar-refractivity contribution in [2.45, 2.75) is 6.92 Å². The van der Waals surface area contributed by atoms with E-state index >= 15 is 0 Å². The molecule has 2 aromatic heterocycles. The Kier molecular flexibility index (Phi) is 4.61. The molecule has 0 N–H and O–H groups in total. The zero-order valence-corrected chi connectivity index (χ0v) is 15.4. The molecule has 0 atom stereocenters. The molecule has 3 rings (SSSR count). The Balaban J connectivity index is 1.94. The normalized spacial score (nSPS) is 11.4. The van der Waals surface area contributed by atoms with Crippen LogP contribution in [0.3, 0.4) is 0 Å². The minimum atomic E-state index is -0.0201. The first-order valence-corrected chi connectivity index (χ1v) is 8.85. The summed E-state index contributed by atoms with van der Waals surface area (Å²) in [6.07, 6.45) is 3.28. The third kappa shape index (κ3) is 3.39. The van der Waals surface area contributed by atoms with Crippen molar-refractivity contribution in [2.24, 2.45) is 0 Å². The van der Waals surface area contributed by atoms with Gasteiger partial charge in [-0.25, -0.2) is 4.98 Å². The molecular formula is C17H11ClINOS. The molecule has 22 heavy (non-hydrogen) atoms. The molecule has 0 fully saturated rings. The Bertz CT molecular complexity index is 901. The quantitative estimate of drug-likeness (QED) is 0.225. The molecule has 0 saturated heterocycles. The first kappa shape index (κ1) is 15.6. The van der Waals surface area contributed by atoms with Gasteiger partial charge >= 0.3 is 0 Å². The van der Waals surface area contributed by atoms with Crippen LogP contribution in [0.25, 0.3) is 17.0 Å². The predicted octanol–water partition coefficient (Wildman–Crippen LogP) is 5.76. The van der Waals surface area contributed by atoms with E-state index in [1.165, 1.54) is 11.3 Å². The summed E-state index contributed by atoms with van der Waals surface area (Å²) in [6, 6.07) is 11.7.